The van der Waals surface area contributed by atoms with Gasteiger partial charge in [0.1, 0.15) is 18.4 Å². The molecule has 2 aromatic carbocycles. The molecule has 0 aliphatic heterocycles. The standard InChI is InChI=1S/C26H34FN3O4S/c1-19-13-15-21(16-14-19)17-29(20(2)26(32)28-22-9-5-4-6-10-22)25(31)18-30(35(3,33)34)24-12-8-7-11-23(24)27/h7-8,11-16,20,22H,4-6,9-10,17-18H2,1-3H3,(H,28,32)/t20-/m1/s1. The molecule has 0 aromatic heterocycles. The number of nitrogens with one attached hydrogen (secondary N) is 1. The Kier molecular flexibility index (Phi) is 8.88. The third-order valence-corrected chi connectivity index (χ3v) is 7.52. The molecule has 9 heteroatoms. The number of rotatable bonds is 9. The van der Waals surface area contributed by atoms with Crippen LogP contribution in [0.15, 0.2) is 48.5 Å². The van der Waals surface area contributed by atoms with Crippen molar-refractivity contribution >= 4 is 27.5 Å². The number of anilines is 1. The summed E-state index contributed by atoms with van der Waals surface area (Å²) in [5, 5.41) is 3.05. The van der Waals surface area contributed by atoms with Gasteiger partial charge < -0.3 is 10.2 Å². The van der Waals surface area contributed by atoms with Gasteiger partial charge in [0.15, 0.2) is 0 Å². The highest BCUT2D eigenvalue weighted by Crippen LogP contribution is 2.23. The van der Waals surface area contributed by atoms with E-state index in [1.165, 1.54) is 23.1 Å². The number of carbonyl (C=O) groups is 2. The molecule has 1 saturated carbocycles. The number of sulfonamides is 1. The van der Waals surface area contributed by atoms with Gasteiger partial charge in [-0.05, 0) is 44.4 Å². The molecule has 0 saturated heterocycles. The second-order valence-electron chi connectivity index (χ2n) is 9.25. The van der Waals surface area contributed by atoms with Crippen LogP contribution >= 0.6 is 0 Å². The number of carbonyl (C=O) groups excluding carboxylic acids is 2. The first kappa shape index (κ1) is 26.7. The predicted molar refractivity (Wildman–Crippen MR) is 135 cm³/mol. The fraction of sp³-hybridized carbons (Fsp3) is 0.462. The monoisotopic (exact) mass is 503 g/mol. The average Bonchev–Trinajstić information content (AvgIpc) is 2.82. The van der Waals surface area contributed by atoms with Gasteiger partial charge in [-0.15, -0.1) is 0 Å². The van der Waals surface area contributed by atoms with E-state index in [0.29, 0.717) is 0 Å². The van der Waals surface area contributed by atoms with E-state index < -0.39 is 34.3 Å². The molecule has 2 amide bonds. The normalized spacial score (nSPS) is 15.3. The number of para-hydroxylation sites is 1. The number of halogens is 1. The summed E-state index contributed by atoms with van der Waals surface area (Å²) in [6.45, 7) is 3.09. The first-order valence-electron chi connectivity index (χ1n) is 11.9. The summed E-state index contributed by atoms with van der Waals surface area (Å²) in [7, 11) is -3.97. The number of aryl methyl sites for hydroxylation is 1. The summed E-state index contributed by atoms with van der Waals surface area (Å²) in [5.74, 6) is -1.63. The maximum Gasteiger partial charge on any atom is 0.244 e. The maximum atomic E-state index is 14.5. The van der Waals surface area contributed by atoms with Gasteiger partial charge in [0.25, 0.3) is 0 Å². The van der Waals surface area contributed by atoms with Crippen LogP contribution in [0.2, 0.25) is 0 Å². The fourth-order valence-electron chi connectivity index (χ4n) is 4.29. The van der Waals surface area contributed by atoms with E-state index in [1.807, 2.05) is 31.2 Å². The highest BCUT2D eigenvalue weighted by molar-refractivity contribution is 7.92. The zero-order chi connectivity index (χ0) is 25.6. The molecule has 1 aliphatic carbocycles. The SMILES string of the molecule is Cc1ccc(CN(C(=O)CN(c2ccccc2F)S(C)(=O)=O)[C@H](C)C(=O)NC2CCCCC2)cc1. The van der Waals surface area contributed by atoms with Crippen LogP contribution in [0.5, 0.6) is 0 Å². The van der Waals surface area contributed by atoms with E-state index in [9.17, 15) is 22.4 Å². The van der Waals surface area contributed by atoms with E-state index in [0.717, 1.165) is 59.9 Å². The Balaban J connectivity index is 1.87. The highest BCUT2D eigenvalue weighted by atomic mass is 32.2. The van der Waals surface area contributed by atoms with Crippen molar-refractivity contribution in [1.82, 2.24) is 10.2 Å². The van der Waals surface area contributed by atoms with Crippen molar-refractivity contribution in [1.29, 1.82) is 0 Å². The number of amides is 2. The molecule has 1 atom stereocenters. The second kappa shape index (κ2) is 11.7. The van der Waals surface area contributed by atoms with E-state index >= 15 is 0 Å². The van der Waals surface area contributed by atoms with Gasteiger partial charge in [0, 0.05) is 12.6 Å². The van der Waals surface area contributed by atoms with Crippen LogP contribution in [0.4, 0.5) is 10.1 Å². The molecule has 0 heterocycles. The van der Waals surface area contributed by atoms with E-state index in [1.54, 1.807) is 6.92 Å². The molecule has 2 aromatic rings. The van der Waals surface area contributed by atoms with Crippen LogP contribution in [0, 0.1) is 12.7 Å². The molecule has 0 spiro atoms. The summed E-state index contributed by atoms with van der Waals surface area (Å²) in [4.78, 5) is 28.0. The first-order valence-corrected chi connectivity index (χ1v) is 13.8. The lowest BCUT2D eigenvalue weighted by Crippen LogP contribution is -2.53. The van der Waals surface area contributed by atoms with Gasteiger partial charge in [-0.1, -0.05) is 61.2 Å². The van der Waals surface area contributed by atoms with Crippen molar-refractivity contribution in [3.8, 4) is 0 Å². The van der Waals surface area contributed by atoms with Crippen molar-refractivity contribution in [3.63, 3.8) is 0 Å². The summed E-state index contributed by atoms with van der Waals surface area (Å²) in [6, 6.07) is 12.2. The molecule has 1 N–H and O–H groups in total. The molecule has 35 heavy (non-hydrogen) atoms. The molecule has 0 unspecified atom stereocenters. The molecule has 190 valence electrons. The van der Waals surface area contributed by atoms with Crippen LogP contribution in [-0.4, -0.2) is 50.0 Å². The van der Waals surface area contributed by atoms with Gasteiger partial charge in [0.2, 0.25) is 21.8 Å². The van der Waals surface area contributed by atoms with Gasteiger partial charge >= 0.3 is 0 Å². The molecule has 1 aliphatic rings. The Labute approximate surface area is 207 Å². The Bertz CT molecular complexity index is 1130. The molecular weight excluding hydrogens is 469 g/mol. The van der Waals surface area contributed by atoms with Crippen molar-refractivity contribution in [2.45, 2.75) is 64.6 Å². The molecule has 3 rings (SSSR count). The number of benzene rings is 2. The molecule has 1 fully saturated rings. The number of nitrogens with zero attached hydrogens (tertiary/aromatic N) is 2. The van der Waals surface area contributed by atoms with Crippen molar-refractivity contribution in [2.75, 3.05) is 17.1 Å². The maximum absolute atomic E-state index is 14.5. The van der Waals surface area contributed by atoms with Crippen LogP contribution in [-0.2, 0) is 26.2 Å². The molecule has 0 bridgehead atoms. The Morgan fingerprint density at radius 2 is 1.69 bits per heavy atom. The minimum absolute atomic E-state index is 0.0703. The van der Waals surface area contributed by atoms with Crippen LogP contribution in [0.3, 0.4) is 0 Å². The van der Waals surface area contributed by atoms with Crippen LogP contribution < -0.4 is 9.62 Å². The average molecular weight is 504 g/mol. The fourth-order valence-corrected chi connectivity index (χ4v) is 5.14. The quantitative estimate of drug-likeness (QED) is 0.565. The van der Waals surface area contributed by atoms with Crippen molar-refractivity contribution in [3.05, 3.63) is 65.5 Å². The van der Waals surface area contributed by atoms with E-state index in [4.69, 9.17) is 0 Å². The lowest BCUT2D eigenvalue weighted by atomic mass is 9.95. The molecular formula is C26H34FN3O4S. The zero-order valence-corrected chi connectivity index (χ0v) is 21.4. The topological polar surface area (TPSA) is 86.8 Å². The van der Waals surface area contributed by atoms with Crippen LogP contribution in [0.1, 0.15) is 50.2 Å². The summed E-state index contributed by atoms with van der Waals surface area (Å²) < 4.78 is 40.2. The third-order valence-electron chi connectivity index (χ3n) is 6.39. The lowest BCUT2D eigenvalue weighted by Gasteiger charge is -2.33. The smallest absolute Gasteiger partial charge is 0.244 e. The van der Waals surface area contributed by atoms with E-state index in [-0.39, 0.29) is 24.2 Å². The highest BCUT2D eigenvalue weighted by Gasteiger charge is 2.31. The lowest BCUT2D eigenvalue weighted by molar-refractivity contribution is -0.139. The molecule has 7 nitrogen and oxygen atoms in total. The minimum atomic E-state index is -3.97. The van der Waals surface area contributed by atoms with E-state index in [2.05, 4.69) is 5.32 Å². The number of hydrogen-bond acceptors (Lipinski definition) is 4. The summed E-state index contributed by atoms with van der Waals surface area (Å²) >= 11 is 0. The Morgan fingerprint density at radius 1 is 1.06 bits per heavy atom. The first-order chi connectivity index (χ1) is 16.6. The van der Waals surface area contributed by atoms with Gasteiger partial charge in [0.05, 0.1) is 11.9 Å². The molecule has 0 radical (unpaired) electrons. The Hall–Kier alpha value is -2.94. The van der Waals surface area contributed by atoms with Gasteiger partial charge in [-0.2, -0.15) is 0 Å². The third kappa shape index (κ3) is 7.27. The minimum Gasteiger partial charge on any atom is -0.352 e. The van der Waals surface area contributed by atoms with Crippen molar-refractivity contribution in [2.24, 2.45) is 0 Å². The Morgan fingerprint density at radius 3 is 2.29 bits per heavy atom. The van der Waals surface area contributed by atoms with Gasteiger partial charge in [-0.25, -0.2) is 12.8 Å². The van der Waals surface area contributed by atoms with Gasteiger partial charge in [-0.3, -0.25) is 13.9 Å². The summed E-state index contributed by atoms with van der Waals surface area (Å²) in [5.41, 5.74) is 1.65. The summed E-state index contributed by atoms with van der Waals surface area (Å²) in [6.07, 6.45) is 5.99. The number of hydrogen-bond donors (Lipinski definition) is 1. The zero-order valence-electron chi connectivity index (χ0n) is 20.5. The largest absolute Gasteiger partial charge is 0.352 e. The second-order valence-corrected chi connectivity index (χ2v) is 11.2. The van der Waals surface area contributed by atoms with Crippen LogP contribution in [0.25, 0.3) is 0 Å². The van der Waals surface area contributed by atoms with Crippen molar-refractivity contribution < 1.29 is 22.4 Å². The predicted octanol–water partition coefficient (Wildman–Crippen LogP) is 3.77.